The minimum Gasteiger partial charge on any atom is -0.493 e. The summed E-state index contributed by atoms with van der Waals surface area (Å²) in [5.41, 5.74) is 4.05. The average molecular weight is 445 g/mol. The molecule has 6 nitrogen and oxygen atoms in total. The number of aromatic nitrogens is 2. The molecular weight excluding hydrogens is 420 g/mol. The van der Waals surface area contributed by atoms with Crippen LogP contribution in [-0.4, -0.2) is 27.6 Å². The van der Waals surface area contributed by atoms with Crippen LogP contribution in [0.25, 0.3) is 22.4 Å². The van der Waals surface area contributed by atoms with E-state index in [9.17, 15) is 4.79 Å². The minimum absolute atomic E-state index is 0.219. The SMILES string of the molecule is CC(C)COc1ccc(C(=O)NC(=S)Nc2cccc(-c3nc4ccccc4[nH]3)c2)cc1. The largest absolute Gasteiger partial charge is 0.493 e. The number of rotatable bonds is 6. The molecule has 0 bridgehead atoms. The third kappa shape index (κ3) is 5.31. The van der Waals surface area contributed by atoms with Crippen molar-refractivity contribution in [2.24, 2.45) is 5.92 Å². The highest BCUT2D eigenvalue weighted by atomic mass is 32.1. The fourth-order valence-corrected chi connectivity index (χ4v) is 3.35. The zero-order valence-electron chi connectivity index (χ0n) is 17.9. The summed E-state index contributed by atoms with van der Waals surface area (Å²) >= 11 is 5.33. The lowest BCUT2D eigenvalue weighted by Gasteiger charge is -2.11. The predicted molar refractivity (Wildman–Crippen MR) is 132 cm³/mol. The van der Waals surface area contributed by atoms with E-state index in [0.717, 1.165) is 33.9 Å². The molecule has 0 aliphatic carbocycles. The number of nitrogens with zero attached hydrogens (tertiary/aromatic N) is 1. The Morgan fingerprint density at radius 3 is 2.59 bits per heavy atom. The van der Waals surface area contributed by atoms with Crippen molar-refractivity contribution in [3.05, 3.63) is 78.4 Å². The summed E-state index contributed by atoms with van der Waals surface area (Å²) in [7, 11) is 0. The Hall–Kier alpha value is -3.71. The lowest BCUT2D eigenvalue weighted by atomic mass is 10.2. The number of aromatic amines is 1. The second-order valence-corrected chi connectivity index (χ2v) is 8.23. The highest BCUT2D eigenvalue weighted by molar-refractivity contribution is 7.80. The normalized spacial score (nSPS) is 10.8. The number of carbonyl (C=O) groups excluding carboxylic acids is 1. The van der Waals surface area contributed by atoms with E-state index in [-0.39, 0.29) is 11.0 Å². The molecule has 0 saturated carbocycles. The summed E-state index contributed by atoms with van der Waals surface area (Å²) in [6.07, 6.45) is 0. The van der Waals surface area contributed by atoms with E-state index in [1.165, 1.54) is 0 Å². The van der Waals surface area contributed by atoms with E-state index in [0.29, 0.717) is 18.1 Å². The molecule has 0 aliphatic rings. The molecule has 1 aromatic heterocycles. The quantitative estimate of drug-likeness (QED) is 0.348. The molecule has 162 valence electrons. The van der Waals surface area contributed by atoms with Crippen LogP contribution in [-0.2, 0) is 0 Å². The first-order chi connectivity index (χ1) is 15.5. The highest BCUT2D eigenvalue weighted by Gasteiger charge is 2.10. The number of para-hydroxylation sites is 2. The van der Waals surface area contributed by atoms with Crippen LogP contribution in [0.15, 0.2) is 72.8 Å². The van der Waals surface area contributed by atoms with Gasteiger partial charge in [-0.25, -0.2) is 4.98 Å². The topological polar surface area (TPSA) is 79.0 Å². The number of anilines is 1. The Morgan fingerprint density at radius 1 is 1.06 bits per heavy atom. The Morgan fingerprint density at radius 2 is 1.84 bits per heavy atom. The van der Waals surface area contributed by atoms with Gasteiger partial charge in [0.1, 0.15) is 11.6 Å². The summed E-state index contributed by atoms with van der Waals surface area (Å²) < 4.78 is 5.65. The summed E-state index contributed by atoms with van der Waals surface area (Å²) in [5, 5.41) is 6.00. The molecule has 4 aromatic rings. The average Bonchev–Trinajstić information content (AvgIpc) is 3.22. The molecule has 3 N–H and O–H groups in total. The van der Waals surface area contributed by atoms with Gasteiger partial charge in [0.05, 0.1) is 17.6 Å². The van der Waals surface area contributed by atoms with Crippen molar-refractivity contribution in [3.8, 4) is 17.1 Å². The monoisotopic (exact) mass is 444 g/mol. The van der Waals surface area contributed by atoms with Gasteiger partial charge in [0.2, 0.25) is 0 Å². The molecule has 0 aliphatic heterocycles. The molecule has 0 radical (unpaired) electrons. The first-order valence-electron chi connectivity index (χ1n) is 10.4. The van der Waals surface area contributed by atoms with Gasteiger partial charge in [-0.15, -0.1) is 0 Å². The van der Waals surface area contributed by atoms with Crippen LogP contribution in [0.4, 0.5) is 5.69 Å². The lowest BCUT2D eigenvalue weighted by Crippen LogP contribution is -2.34. The standard InChI is InChI=1S/C25H24N4O2S/c1-16(2)15-31-20-12-10-17(11-13-20)24(30)29-25(32)26-19-7-5-6-18(14-19)23-27-21-8-3-4-9-22(21)28-23/h3-14,16H,15H2,1-2H3,(H,27,28)(H2,26,29,30,32). The Bertz CT molecular complexity index is 1220. The summed E-state index contributed by atoms with van der Waals surface area (Å²) in [6.45, 7) is 4.80. The van der Waals surface area contributed by atoms with Crippen molar-refractivity contribution in [2.45, 2.75) is 13.8 Å². The molecule has 1 amide bonds. The van der Waals surface area contributed by atoms with Crippen LogP contribution in [0, 0.1) is 5.92 Å². The Labute approximate surface area is 192 Å². The molecule has 32 heavy (non-hydrogen) atoms. The lowest BCUT2D eigenvalue weighted by molar-refractivity contribution is 0.0977. The first-order valence-corrected chi connectivity index (χ1v) is 10.8. The van der Waals surface area contributed by atoms with Gasteiger partial charge in [-0.2, -0.15) is 0 Å². The molecular formula is C25H24N4O2S. The third-order valence-corrected chi connectivity index (χ3v) is 4.91. The third-order valence-electron chi connectivity index (χ3n) is 4.71. The maximum absolute atomic E-state index is 12.5. The zero-order valence-corrected chi connectivity index (χ0v) is 18.7. The molecule has 0 atom stereocenters. The van der Waals surface area contributed by atoms with E-state index < -0.39 is 0 Å². The predicted octanol–water partition coefficient (Wildman–Crippen LogP) is 5.39. The molecule has 0 saturated heterocycles. The molecule has 0 spiro atoms. The van der Waals surface area contributed by atoms with Crippen molar-refractivity contribution in [1.82, 2.24) is 15.3 Å². The van der Waals surface area contributed by atoms with Gasteiger partial charge in [0.25, 0.3) is 5.91 Å². The number of fused-ring (bicyclic) bond motifs is 1. The summed E-state index contributed by atoms with van der Waals surface area (Å²) in [4.78, 5) is 20.5. The smallest absolute Gasteiger partial charge is 0.257 e. The van der Waals surface area contributed by atoms with Crippen molar-refractivity contribution in [3.63, 3.8) is 0 Å². The Balaban J connectivity index is 1.38. The van der Waals surface area contributed by atoms with Crippen LogP contribution in [0.1, 0.15) is 24.2 Å². The van der Waals surface area contributed by atoms with Gasteiger partial charge in [0.15, 0.2) is 5.11 Å². The minimum atomic E-state index is -0.286. The van der Waals surface area contributed by atoms with E-state index in [4.69, 9.17) is 17.0 Å². The van der Waals surface area contributed by atoms with Gasteiger partial charge in [-0.3, -0.25) is 10.1 Å². The number of amides is 1. The van der Waals surface area contributed by atoms with Crippen LogP contribution >= 0.6 is 12.2 Å². The van der Waals surface area contributed by atoms with E-state index in [1.54, 1.807) is 24.3 Å². The maximum Gasteiger partial charge on any atom is 0.257 e. The van der Waals surface area contributed by atoms with E-state index in [1.807, 2.05) is 48.5 Å². The van der Waals surface area contributed by atoms with Gasteiger partial charge < -0.3 is 15.0 Å². The number of carbonyl (C=O) groups is 1. The van der Waals surface area contributed by atoms with Crippen LogP contribution in [0.2, 0.25) is 0 Å². The second-order valence-electron chi connectivity index (χ2n) is 7.82. The zero-order chi connectivity index (χ0) is 22.5. The van der Waals surface area contributed by atoms with E-state index in [2.05, 4.69) is 34.4 Å². The van der Waals surface area contributed by atoms with E-state index >= 15 is 0 Å². The number of benzene rings is 3. The number of nitrogens with one attached hydrogen (secondary N) is 3. The van der Waals surface area contributed by atoms with Crippen LogP contribution in [0.5, 0.6) is 5.75 Å². The maximum atomic E-state index is 12.5. The van der Waals surface area contributed by atoms with Crippen molar-refractivity contribution >= 4 is 40.0 Å². The van der Waals surface area contributed by atoms with Gasteiger partial charge in [-0.05, 0) is 66.7 Å². The summed E-state index contributed by atoms with van der Waals surface area (Å²) in [5.74, 6) is 1.65. The van der Waals surface area contributed by atoms with Crippen molar-refractivity contribution in [1.29, 1.82) is 0 Å². The van der Waals surface area contributed by atoms with Crippen molar-refractivity contribution in [2.75, 3.05) is 11.9 Å². The van der Waals surface area contributed by atoms with Crippen LogP contribution < -0.4 is 15.4 Å². The van der Waals surface area contributed by atoms with Crippen LogP contribution in [0.3, 0.4) is 0 Å². The fraction of sp³-hybridized carbons (Fsp3) is 0.160. The Kier molecular flexibility index (Phi) is 6.47. The van der Waals surface area contributed by atoms with Gasteiger partial charge in [-0.1, -0.05) is 38.1 Å². The number of thiocarbonyl (C=S) groups is 1. The number of imidazole rings is 1. The first kappa shape index (κ1) is 21.5. The molecule has 7 heteroatoms. The fourth-order valence-electron chi connectivity index (χ4n) is 3.14. The molecule has 0 fully saturated rings. The molecule has 0 unspecified atom stereocenters. The highest BCUT2D eigenvalue weighted by Crippen LogP contribution is 2.23. The van der Waals surface area contributed by atoms with Gasteiger partial charge in [0, 0.05) is 16.8 Å². The van der Waals surface area contributed by atoms with Gasteiger partial charge >= 0.3 is 0 Å². The molecule has 3 aromatic carbocycles. The molecule has 1 heterocycles. The van der Waals surface area contributed by atoms with Crippen molar-refractivity contribution < 1.29 is 9.53 Å². The number of H-pyrrole nitrogens is 1. The molecule has 4 rings (SSSR count). The number of hydrogen-bond donors (Lipinski definition) is 3. The number of ether oxygens (including phenoxy) is 1. The summed E-state index contributed by atoms with van der Waals surface area (Å²) in [6, 6.07) is 22.6. The second kappa shape index (κ2) is 9.62. The number of hydrogen-bond acceptors (Lipinski definition) is 4.